The van der Waals surface area contributed by atoms with E-state index in [0.717, 1.165) is 56.8 Å². The summed E-state index contributed by atoms with van der Waals surface area (Å²) >= 11 is 0. The van der Waals surface area contributed by atoms with Crippen molar-refractivity contribution in [3.63, 3.8) is 0 Å². The molecule has 7 nitrogen and oxygen atoms in total. The van der Waals surface area contributed by atoms with Crippen molar-refractivity contribution in [3.8, 4) is 0 Å². The van der Waals surface area contributed by atoms with E-state index in [1.54, 1.807) is 0 Å². The highest BCUT2D eigenvalue weighted by atomic mass is 16.5. The summed E-state index contributed by atoms with van der Waals surface area (Å²) in [6.07, 6.45) is 9.07. The summed E-state index contributed by atoms with van der Waals surface area (Å²) in [6, 6.07) is 21.6. The number of anilines is 2. The van der Waals surface area contributed by atoms with Crippen LogP contribution < -0.4 is 15.5 Å². The second-order valence-corrected chi connectivity index (χ2v) is 11.4. The quantitative estimate of drug-likeness (QED) is 0.293. The molecule has 5 rings (SSSR count). The summed E-state index contributed by atoms with van der Waals surface area (Å²) in [5.41, 5.74) is 4.94. The number of nitrogens with one attached hydrogen (secondary N) is 2. The third kappa shape index (κ3) is 8.26. The summed E-state index contributed by atoms with van der Waals surface area (Å²) in [5.74, 6) is 1.88. The van der Waals surface area contributed by atoms with Crippen LogP contribution in [0.4, 0.5) is 11.8 Å². The molecule has 0 bridgehead atoms. The molecule has 7 heteroatoms. The van der Waals surface area contributed by atoms with Crippen LogP contribution in [0.2, 0.25) is 0 Å². The van der Waals surface area contributed by atoms with Gasteiger partial charge in [-0.15, -0.1) is 0 Å². The van der Waals surface area contributed by atoms with E-state index < -0.39 is 0 Å². The van der Waals surface area contributed by atoms with Crippen LogP contribution in [0.25, 0.3) is 0 Å². The molecule has 0 amide bonds. The van der Waals surface area contributed by atoms with Gasteiger partial charge in [-0.05, 0) is 62.5 Å². The summed E-state index contributed by atoms with van der Waals surface area (Å²) < 4.78 is 12.4. The monoisotopic (exact) mass is 543 g/mol. The average molecular weight is 544 g/mol. The van der Waals surface area contributed by atoms with E-state index in [1.165, 1.54) is 35.2 Å². The first kappa shape index (κ1) is 28.5. The summed E-state index contributed by atoms with van der Waals surface area (Å²) in [6.45, 7) is 2.54. The Labute approximate surface area is 239 Å². The number of benzene rings is 2. The van der Waals surface area contributed by atoms with Crippen molar-refractivity contribution in [2.75, 3.05) is 37.5 Å². The number of hydrogen-bond acceptors (Lipinski definition) is 7. The largest absolute Gasteiger partial charge is 0.374 e. The molecule has 0 radical (unpaired) electrons. The van der Waals surface area contributed by atoms with E-state index in [2.05, 4.69) is 66.0 Å². The standard InChI is InChI=1S/C33H45N5O2/c1-38(2)32-30-15-9-10-16-31(30)36-33(37-32)35-28-19-17-27(18-20-28)34-21-29(40-23-26-13-7-4-8-14-26)24-39-22-25-11-5-3-6-12-25/h3-8,11-14,27-29,34H,9-10,15-24H2,1-2H3,(H,35,36,37)/t27-,28+,29-/m0/s1. The highest BCUT2D eigenvalue weighted by Crippen LogP contribution is 2.29. The van der Waals surface area contributed by atoms with Gasteiger partial charge in [0, 0.05) is 38.3 Å². The Kier molecular flexibility index (Phi) is 10.4. The maximum Gasteiger partial charge on any atom is 0.225 e. The molecule has 1 saturated carbocycles. The number of rotatable bonds is 13. The molecule has 2 aliphatic carbocycles. The first-order chi connectivity index (χ1) is 19.6. The Bertz CT molecular complexity index is 1170. The Morgan fingerprint density at radius 2 is 1.48 bits per heavy atom. The zero-order valence-electron chi connectivity index (χ0n) is 24.1. The van der Waals surface area contributed by atoms with Crippen molar-refractivity contribution in [1.82, 2.24) is 15.3 Å². The second-order valence-electron chi connectivity index (χ2n) is 11.4. The molecule has 2 N–H and O–H groups in total. The number of aromatic nitrogens is 2. The number of fused-ring (bicyclic) bond motifs is 1. The Balaban J connectivity index is 1.10. The normalized spacial score (nSPS) is 19.6. The highest BCUT2D eigenvalue weighted by molar-refractivity contribution is 5.52. The lowest BCUT2D eigenvalue weighted by Gasteiger charge is -2.31. The van der Waals surface area contributed by atoms with Gasteiger partial charge in [0.2, 0.25) is 5.95 Å². The van der Waals surface area contributed by atoms with Gasteiger partial charge in [-0.3, -0.25) is 0 Å². The molecule has 1 heterocycles. The van der Waals surface area contributed by atoms with Crippen LogP contribution in [0.5, 0.6) is 0 Å². The SMILES string of the molecule is CN(C)c1nc(N[C@H]2CC[C@@H](NC[C@@H](COCc3ccccc3)OCc3ccccc3)CC2)nc2c1CCCC2. The van der Waals surface area contributed by atoms with E-state index in [0.29, 0.717) is 31.9 Å². The summed E-state index contributed by atoms with van der Waals surface area (Å²) in [7, 11) is 4.17. The van der Waals surface area contributed by atoms with E-state index in [1.807, 2.05) is 24.3 Å². The molecule has 2 aromatic carbocycles. The average Bonchev–Trinajstić information content (AvgIpc) is 2.99. The molecule has 214 valence electrons. The predicted molar refractivity (Wildman–Crippen MR) is 162 cm³/mol. The molecule has 0 saturated heterocycles. The Hall–Kier alpha value is -3.00. The number of aryl methyl sites for hydroxylation is 1. The van der Waals surface area contributed by atoms with Gasteiger partial charge in [0.15, 0.2) is 0 Å². The number of hydrogen-bond donors (Lipinski definition) is 2. The fraction of sp³-hybridized carbons (Fsp3) is 0.515. The van der Waals surface area contributed by atoms with Crippen LogP contribution in [0.1, 0.15) is 60.9 Å². The first-order valence-corrected chi connectivity index (χ1v) is 15.0. The van der Waals surface area contributed by atoms with Crippen LogP contribution in [0, 0.1) is 0 Å². The van der Waals surface area contributed by atoms with Crippen LogP contribution >= 0.6 is 0 Å². The molecule has 1 atom stereocenters. The predicted octanol–water partition coefficient (Wildman–Crippen LogP) is 5.54. The van der Waals surface area contributed by atoms with Gasteiger partial charge in [0.25, 0.3) is 0 Å². The molecule has 2 aliphatic rings. The van der Waals surface area contributed by atoms with Crippen molar-refractivity contribution < 1.29 is 9.47 Å². The Morgan fingerprint density at radius 3 is 2.17 bits per heavy atom. The lowest BCUT2D eigenvalue weighted by molar-refractivity contribution is -0.0299. The molecule has 0 aliphatic heterocycles. The Morgan fingerprint density at radius 1 is 0.825 bits per heavy atom. The second kappa shape index (κ2) is 14.6. The first-order valence-electron chi connectivity index (χ1n) is 15.0. The van der Waals surface area contributed by atoms with Crippen LogP contribution in [0.3, 0.4) is 0 Å². The molecule has 1 aromatic heterocycles. The maximum absolute atomic E-state index is 6.31. The van der Waals surface area contributed by atoms with Gasteiger partial charge < -0.3 is 25.0 Å². The summed E-state index contributed by atoms with van der Waals surface area (Å²) in [5, 5.41) is 7.46. The maximum atomic E-state index is 6.31. The smallest absolute Gasteiger partial charge is 0.225 e. The molecule has 0 spiro atoms. The van der Waals surface area contributed by atoms with Crippen molar-refractivity contribution in [3.05, 3.63) is 83.0 Å². The van der Waals surface area contributed by atoms with Gasteiger partial charge in [0.05, 0.1) is 31.6 Å². The molecular weight excluding hydrogens is 498 g/mol. The van der Waals surface area contributed by atoms with E-state index in [4.69, 9.17) is 19.4 Å². The van der Waals surface area contributed by atoms with E-state index in [9.17, 15) is 0 Å². The lowest BCUT2D eigenvalue weighted by atomic mass is 9.91. The summed E-state index contributed by atoms with van der Waals surface area (Å²) in [4.78, 5) is 12.0. The van der Waals surface area contributed by atoms with Gasteiger partial charge in [-0.25, -0.2) is 4.98 Å². The third-order valence-corrected chi connectivity index (χ3v) is 8.02. The molecule has 40 heavy (non-hydrogen) atoms. The third-order valence-electron chi connectivity index (χ3n) is 8.02. The zero-order chi connectivity index (χ0) is 27.6. The fourth-order valence-corrected chi connectivity index (χ4v) is 5.77. The van der Waals surface area contributed by atoms with Crippen molar-refractivity contribution in [1.29, 1.82) is 0 Å². The van der Waals surface area contributed by atoms with Crippen LogP contribution in [0.15, 0.2) is 60.7 Å². The minimum absolute atomic E-state index is 0.00637. The van der Waals surface area contributed by atoms with Crippen molar-refractivity contribution in [2.24, 2.45) is 0 Å². The molecule has 3 aromatic rings. The number of nitrogens with zero attached hydrogens (tertiary/aromatic N) is 3. The van der Waals surface area contributed by atoms with E-state index in [-0.39, 0.29) is 6.10 Å². The van der Waals surface area contributed by atoms with Gasteiger partial charge >= 0.3 is 0 Å². The topological polar surface area (TPSA) is 71.5 Å². The van der Waals surface area contributed by atoms with Crippen LogP contribution in [-0.2, 0) is 35.5 Å². The molecular formula is C33H45N5O2. The van der Waals surface area contributed by atoms with E-state index >= 15 is 0 Å². The zero-order valence-corrected chi connectivity index (χ0v) is 24.1. The van der Waals surface area contributed by atoms with Crippen molar-refractivity contribution >= 4 is 11.8 Å². The van der Waals surface area contributed by atoms with Crippen LogP contribution in [-0.4, -0.2) is 55.4 Å². The molecule has 0 unspecified atom stereocenters. The minimum atomic E-state index is -0.00637. The molecule has 1 fully saturated rings. The van der Waals surface area contributed by atoms with Gasteiger partial charge in [0.1, 0.15) is 5.82 Å². The number of ether oxygens (including phenoxy) is 2. The van der Waals surface area contributed by atoms with Gasteiger partial charge in [-0.1, -0.05) is 60.7 Å². The van der Waals surface area contributed by atoms with Gasteiger partial charge in [-0.2, -0.15) is 4.98 Å². The fourth-order valence-electron chi connectivity index (χ4n) is 5.77. The van der Waals surface area contributed by atoms with Crippen molar-refractivity contribution in [2.45, 2.75) is 82.8 Å². The minimum Gasteiger partial charge on any atom is -0.374 e. The lowest BCUT2D eigenvalue weighted by Crippen LogP contribution is -2.42. The highest BCUT2D eigenvalue weighted by Gasteiger charge is 2.24.